The Morgan fingerprint density at radius 2 is 1.90 bits per heavy atom. The van der Waals surface area contributed by atoms with Crippen LogP contribution in [0.1, 0.15) is 64.7 Å². The molecule has 21 heavy (non-hydrogen) atoms. The molecule has 0 aliphatic heterocycles. The highest BCUT2D eigenvalue weighted by molar-refractivity contribution is 5.93. The molecule has 0 radical (unpaired) electrons. The normalized spacial score (nSPS) is 21.1. The fraction of sp³-hybridized carbons (Fsp3) is 0.867. The third-order valence-corrected chi connectivity index (χ3v) is 4.36. The van der Waals surface area contributed by atoms with Crippen molar-refractivity contribution in [1.29, 1.82) is 0 Å². The molecular formula is C15H29N3O3. The van der Waals surface area contributed by atoms with Gasteiger partial charge in [0.2, 0.25) is 5.91 Å². The molecule has 6 nitrogen and oxygen atoms in total. The van der Waals surface area contributed by atoms with Crippen LogP contribution in [0.3, 0.4) is 0 Å². The molecule has 122 valence electrons. The lowest BCUT2D eigenvalue weighted by Gasteiger charge is -2.35. The first-order valence-electron chi connectivity index (χ1n) is 7.86. The molecule has 1 aliphatic rings. The Kier molecular flexibility index (Phi) is 7.50. The van der Waals surface area contributed by atoms with Gasteiger partial charge >= 0.3 is 0 Å². The van der Waals surface area contributed by atoms with Crippen LogP contribution >= 0.6 is 0 Å². The van der Waals surface area contributed by atoms with Crippen LogP contribution in [0.5, 0.6) is 0 Å². The average molecular weight is 299 g/mol. The summed E-state index contributed by atoms with van der Waals surface area (Å²) in [5, 5.41) is 15.3. The second-order valence-corrected chi connectivity index (χ2v) is 5.97. The van der Waals surface area contributed by atoms with Crippen molar-refractivity contribution in [2.24, 2.45) is 10.9 Å². The number of carbonyl (C=O) groups excluding carboxylic acids is 1. The summed E-state index contributed by atoms with van der Waals surface area (Å²) in [4.78, 5) is 12.2. The first kappa shape index (κ1) is 17.8. The number of ether oxygens (including phenoxy) is 1. The number of amides is 1. The van der Waals surface area contributed by atoms with Crippen molar-refractivity contribution in [2.45, 2.75) is 76.4 Å². The molecule has 1 atom stereocenters. The zero-order valence-corrected chi connectivity index (χ0v) is 13.2. The van der Waals surface area contributed by atoms with E-state index in [1.165, 1.54) is 6.42 Å². The van der Waals surface area contributed by atoms with Gasteiger partial charge in [0.1, 0.15) is 5.54 Å². The highest BCUT2D eigenvalue weighted by atomic mass is 16.5. The fourth-order valence-electron chi connectivity index (χ4n) is 2.83. The van der Waals surface area contributed by atoms with Crippen LogP contribution in [0.15, 0.2) is 5.16 Å². The number of methoxy groups -OCH3 is 1. The van der Waals surface area contributed by atoms with Crippen LogP contribution in [-0.4, -0.2) is 35.7 Å². The van der Waals surface area contributed by atoms with Gasteiger partial charge in [0.05, 0.1) is 6.10 Å². The average Bonchev–Trinajstić information content (AvgIpc) is 2.46. The van der Waals surface area contributed by atoms with E-state index in [4.69, 9.17) is 15.7 Å². The van der Waals surface area contributed by atoms with E-state index in [2.05, 4.69) is 10.5 Å². The first-order chi connectivity index (χ1) is 10.0. The number of nitrogens with zero attached hydrogens (tertiary/aromatic N) is 1. The number of amidine groups is 1. The van der Waals surface area contributed by atoms with Gasteiger partial charge in [-0.25, -0.2) is 0 Å². The second-order valence-electron chi connectivity index (χ2n) is 5.97. The molecule has 1 saturated carbocycles. The Labute approximate surface area is 127 Å². The number of hydrogen-bond acceptors (Lipinski definition) is 4. The molecule has 4 N–H and O–H groups in total. The molecule has 1 fully saturated rings. The van der Waals surface area contributed by atoms with Crippen LogP contribution in [0.2, 0.25) is 0 Å². The van der Waals surface area contributed by atoms with Gasteiger partial charge in [-0.15, -0.1) is 0 Å². The maximum atomic E-state index is 12.2. The summed E-state index contributed by atoms with van der Waals surface area (Å²) < 4.78 is 5.15. The van der Waals surface area contributed by atoms with Crippen LogP contribution in [0.25, 0.3) is 0 Å². The zero-order chi connectivity index (χ0) is 15.7. The number of nitrogens with one attached hydrogen (secondary N) is 1. The standard InChI is InChI=1S/C15H29N3O3/c1-12(21-2)8-9-13(19)17-15(14(16)18-20)10-6-4-3-5-7-11-15/h12,20H,3-11H2,1-2H3,(H2,16,18)(H,17,19). The molecule has 0 saturated heterocycles. The fourth-order valence-corrected chi connectivity index (χ4v) is 2.83. The van der Waals surface area contributed by atoms with E-state index in [1.807, 2.05) is 6.92 Å². The van der Waals surface area contributed by atoms with E-state index in [0.717, 1.165) is 38.5 Å². The van der Waals surface area contributed by atoms with E-state index in [0.29, 0.717) is 12.8 Å². The molecule has 0 aromatic heterocycles. The number of carbonyl (C=O) groups is 1. The smallest absolute Gasteiger partial charge is 0.220 e. The monoisotopic (exact) mass is 299 g/mol. The van der Waals surface area contributed by atoms with Crippen molar-refractivity contribution < 1.29 is 14.7 Å². The van der Waals surface area contributed by atoms with Crippen molar-refractivity contribution in [3.63, 3.8) is 0 Å². The van der Waals surface area contributed by atoms with Gasteiger partial charge in [-0.1, -0.05) is 37.3 Å². The molecule has 1 unspecified atom stereocenters. The van der Waals surface area contributed by atoms with Crippen LogP contribution in [-0.2, 0) is 9.53 Å². The minimum Gasteiger partial charge on any atom is -0.409 e. The SMILES string of the molecule is COC(C)CCC(=O)NC1(C(N)=NO)CCCCCCC1. The van der Waals surface area contributed by atoms with Crippen LogP contribution in [0, 0.1) is 0 Å². The summed E-state index contributed by atoms with van der Waals surface area (Å²) in [5.74, 6) is 0.0589. The highest BCUT2D eigenvalue weighted by Gasteiger charge is 2.36. The summed E-state index contributed by atoms with van der Waals surface area (Å²) in [5.41, 5.74) is 5.20. The van der Waals surface area contributed by atoms with E-state index in [9.17, 15) is 4.79 Å². The van der Waals surface area contributed by atoms with E-state index in [1.54, 1.807) is 7.11 Å². The highest BCUT2D eigenvalue weighted by Crippen LogP contribution is 2.27. The number of rotatable bonds is 6. The Balaban J connectivity index is 2.70. The molecule has 1 rings (SSSR count). The predicted molar refractivity (Wildman–Crippen MR) is 82.3 cm³/mol. The van der Waals surface area contributed by atoms with Gasteiger partial charge in [0.15, 0.2) is 5.84 Å². The third-order valence-electron chi connectivity index (χ3n) is 4.36. The Morgan fingerprint density at radius 3 is 2.43 bits per heavy atom. The molecule has 0 spiro atoms. The summed E-state index contributed by atoms with van der Waals surface area (Å²) in [6.45, 7) is 1.93. The van der Waals surface area contributed by atoms with E-state index in [-0.39, 0.29) is 17.8 Å². The predicted octanol–water partition coefficient (Wildman–Crippen LogP) is 2.15. The minimum absolute atomic E-state index is 0.0490. The molecule has 6 heteroatoms. The zero-order valence-electron chi connectivity index (χ0n) is 13.2. The van der Waals surface area contributed by atoms with Gasteiger partial charge in [-0.2, -0.15) is 0 Å². The summed E-state index contributed by atoms with van der Waals surface area (Å²) in [6, 6.07) is 0. The topological polar surface area (TPSA) is 96.9 Å². The molecule has 0 heterocycles. The lowest BCUT2D eigenvalue weighted by molar-refractivity contribution is -0.123. The van der Waals surface area contributed by atoms with Gasteiger partial charge in [-0.3, -0.25) is 4.79 Å². The maximum Gasteiger partial charge on any atom is 0.220 e. The first-order valence-corrected chi connectivity index (χ1v) is 7.86. The molecule has 0 aromatic rings. The Hall–Kier alpha value is -1.30. The van der Waals surface area contributed by atoms with Gasteiger partial charge in [-0.05, 0) is 26.2 Å². The van der Waals surface area contributed by atoms with Crippen LogP contribution in [0.4, 0.5) is 0 Å². The van der Waals surface area contributed by atoms with Crippen molar-refractivity contribution in [3.8, 4) is 0 Å². The molecule has 1 amide bonds. The molecular weight excluding hydrogens is 270 g/mol. The van der Waals surface area contributed by atoms with Crippen LogP contribution < -0.4 is 11.1 Å². The van der Waals surface area contributed by atoms with Crippen molar-refractivity contribution in [1.82, 2.24) is 5.32 Å². The molecule has 0 aromatic carbocycles. The van der Waals surface area contributed by atoms with Crippen molar-refractivity contribution in [3.05, 3.63) is 0 Å². The summed E-state index contributed by atoms with van der Waals surface area (Å²) >= 11 is 0. The summed E-state index contributed by atoms with van der Waals surface area (Å²) in [7, 11) is 1.63. The second kappa shape index (κ2) is 8.87. The van der Waals surface area contributed by atoms with Gasteiger partial charge in [0, 0.05) is 13.5 Å². The van der Waals surface area contributed by atoms with Gasteiger partial charge in [0.25, 0.3) is 0 Å². The quantitative estimate of drug-likeness (QED) is 0.303. The Bertz CT molecular complexity index is 350. The summed E-state index contributed by atoms with van der Waals surface area (Å²) in [6.07, 6.45) is 7.97. The Morgan fingerprint density at radius 1 is 1.33 bits per heavy atom. The largest absolute Gasteiger partial charge is 0.409 e. The number of hydrogen-bond donors (Lipinski definition) is 3. The van der Waals surface area contributed by atoms with E-state index >= 15 is 0 Å². The van der Waals surface area contributed by atoms with Crippen molar-refractivity contribution >= 4 is 11.7 Å². The number of nitrogens with two attached hydrogens (primary N) is 1. The molecule has 0 bridgehead atoms. The maximum absolute atomic E-state index is 12.2. The number of oxime groups is 1. The third kappa shape index (κ3) is 5.53. The van der Waals surface area contributed by atoms with Gasteiger partial charge < -0.3 is 21.0 Å². The lowest BCUT2D eigenvalue weighted by Crippen LogP contribution is -2.57. The lowest BCUT2D eigenvalue weighted by atomic mass is 9.82. The minimum atomic E-state index is -0.692. The van der Waals surface area contributed by atoms with E-state index < -0.39 is 5.54 Å². The van der Waals surface area contributed by atoms with Crippen molar-refractivity contribution in [2.75, 3.05) is 7.11 Å². The molecule has 1 aliphatic carbocycles.